The van der Waals surface area contributed by atoms with Crippen molar-refractivity contribution in [3.8, 4) is 17.3 Å². The van der Waals surface area contributed by atoms with E-state index in [1.54, 1.807) is 18.6 Å². The Kier molecular flexibility index (Phi) is 2.33. The van der Waals surface area contributed by atoms with E-state index in [0.717, 1.165) is 10.0 Å². The van der Waals surface area contributed by atoms with Crippen LogP contribution in [0, 0.1) is 0 Å². The van der Waals surface area contributed by atoms with Crippen LogP contribution in [0.2, 0.25) is 0 Å². The Balaban J connectivity index is 2.27. The quantitative estimate of drug-likeness (QED) is 0.749. The topological polar surface area (TPSA) is 50.4 Å². The van der Waals surface area contributed by atoms with Crippen molar-refractivity contribution < 1.29 is 5.11 Å². The lowest BCUT2D eigenvalue weighted by Crippen LogP contribution is -1.89. The van der Waals surface area contributed by atoms with Crippen LogP contribution in [0.25, 0.3) is 16.9 Å². The second-order valence-corrected chi connectivity index (χ2v) is 4.51. The lowest BCUT2D eigenvalue weighted by Gasteiger charge is -2.00. The number of fused-ring (bicyclic) bond motifs is 1. The smallest absolute Gasteiger partial charge is 0.239 e. The maximum Gasteiger partial charge on any atom is 0.239 e. The molecule has 0 unspecified atom stereocenters. The first-order valence-electron chi connectivity index (χ1n) is 5.02. The molecule has 84 valence electrons. The Hall–Kier alpha value is -1.88. The molecule has 0 fully saturated rings. The molecule has 0 atom stereocenters. The van der Waals surface area contributed by atoms with Crippen molar-refractivity contribution in [3.05, 3.63) is 47.3 Å². The molecule has 0 spiro atoms. The van der Waals surface area contributed by atoms with E-state index in [2.05, 4.69) is 25.9 Å². The summed E-state index contributed by atoms with van der Waals surface area (Å²) in [4.78, 5) is 8.12. The summed E-state index contributed by atoms with van der Waals surface area (Å²) in [6.45, 7) is 0. The van der Waals surface area contributed by atoms with Crippen LogP contribution in [-0.4, -0.2) is 19.5 Å². The molecule has 17 heavy (non-hydrogen) atoms. The van der Waals surface area contributed by atoms with Crippen LogP contribution >= 0.6 is 15.9 Å². The third-order valence-corrected chi connectivity index (χ3v) is 3.06. The van der Waals surface area contributed by atoms with Crippen molar-refractivity contribution >= 4 is 21.4 Å². The zero-order valence-corrected chi connectivity index (χ0v) is 10.3. The maximum atomic E-state index is 9.73. The number of aromatic nitrogens is 3. The van der Waals surface area contributed by atoms with Crippen molar-refractivity contribution in [1.82, 2.24) is 14.4 Å². The summed E-state index contributed by atoms with van der Waals surface area (Å²) in [5.74, 6) is 0.698. The van der Waals surface area contributed by atoms with Gasteiger partial charge in [-0.15, -0.1) is 0 Å². The van der Waals surface area contributed by atoms with Gasteiger partial charge in [-0.1, -0.05) is 28.1 Å². The fraction of sp³-hybridized carbons (Fsp3) is 0. The van der Waals surface area contributed by atoms with E-state index < -0.39 is 0 Å². The first-order chi connectivity index (χ1) is 8.25. The normalized spacial score (nSPS) is 10.9. The minimum absolute atomic E-state index is 0.00369. The summed E-state index contributed by atoms with van der Waals surface area (Å²) in [5.41, 5.74) is 1.54. The molecule has 3 rings (SSSR count). The number of halogens is 1. The highest BCUT2D eigenvalue weighted by Crippen LogP contribution is 2.26. The van der Waals surface area contributed by atoms with Gasteiger partial charge in [-0.2, -0.15) is 4.98 Å². The van der Waals surface area contributed by atoms with Crippen LogP contribution in [0.15, 0.2) is 47.3 Å². The van der Waals surface area contributed by atoms with E-state index in [0.29, 0.717) is 11.3 Å². The number of benzene rings is 1. The Morgan fingerprint density at radius 1 is 1.18 bits per heavy atom. The molecule has 0 aliphatic heterocycles. The largest absolute Gasteiger partial charge is 0.492 e. The molecule has 2 aromatic heterocycles. The van der Waals surface area contributed by atoms with E-state index in [-0.39, 0.29) is 5.88 Å². The van der Waals surface area contributed by atoms with Crippen molar-refractivity contribution in [3.63, 3.8) is 0 Å². The van der Waals surface area contributed by atoms with Gasteiger partial charge in [0.05, 0.1) is 6.20 Å². The molecule has 0 saturated heterocycles. The Labute approximate surface area is 106 Å². The second-order valence-electron chi connectivity index (χ2n) is 3.60. The number of hydrogen-bond acceptors (Lipinski definition) is 3. The second kappa shape index (κ2) is 3.85. The Morgan fingerprint density at radius 2 is 1.94 bits per heavy atom. The molecule has 1 aromatic carbocycles. The lowest BCUT2D eigenvalue weighted by atomic mass is 10.2. The number of hydrogen-bond donors (Lipinski definition) is 1. The molecule has 0 aliphatic carbocycles. The molecule has 5 heteroatoms. The molecular formula is C12H8BrN3O. The highest BCUT2D eigenvalue weighted by molar-refractivity contribution is 9.10. The lowest BCUT2D eigenvalue weighted by molar-refractivity contribution is 0.462. The van der Waals surface area contributed by atoms with Crippen molar-refractivity contribution in [1.29, 1.82) is 0 Å². The number of rotatable bonds is 1. The van der Waals surface area contributed by atoms with Crippen LogP contribution in [0.3, 0.4) is 0 Å². The monoisotopic (exact) mass is 289 g/mol. The fourth-order valence-electron chi connectivity index (χ4n) is 1.73. The summed E-state index contributed by atoms with van der Waals surface area (Å²) in [7, 11) is 0. The minimum Gasteiger partial charge on any atom is -0.492 e. The summed E-state index contributed by atoms with van der Waals surface area (Å²) < 4.78 is 2.82. The Bertz CT molecular complexity index is 676. The number of aromatic hydroxyl groups is 1. The summed E-state index contributed by atoms with van der Waals surface area (Å²) in [6, 6.07) is 7.76. The standard InChI is InChI=1S/C12H8BrN3O/c13-9-3-1-8(2-4-9)11-15-12(17)10-7-14-5-6-16(10)11/h1-7,17H. The molecule has 3 aromatic rings. The molecule has 0 saturated carbocycles. The fourth-order valence-corrected chi connectivity index (χ4v) is 1.99. The van der Waals surface area contributed by atoms with Gasteiger partial charge in [-0.3, -0.25) is 9.38 Å². The zero-order valence-electron chi connectivity index (χ0n) is 8.71. The van der Waals surface area contributed by atoms with Gasteiger partial charge in [-0.25, -0.2) is 0 Å². The van der Waals surface area contributed by atoms with Gasteiger partial charge in [0.2, 0.25) is 5.88 Å². The SMILES string of the molecule is Oc1nc(-c2ccc(Br)cc2)n2ccncc12. The number of nitrogens with zero attached hydrogens (tertiary/aromatic N) is 3. The third kappa shape index (κ3) is 1.68. The molecule has 0 bridgehead atoms. The van der Waals surface area contributed by atoms with Crippen molar-refractivity contribution in [2.24, 2.45) is 0 Å². The average Bonchev–Trinajstić information content (AvgIpc) is 2.69. The molecule has 4 nitrogen and oxygen atoms in total. The van der Waals surface area contributed by atoms with Gasteiger partial charge in [0.1, 0.15) is 11.3 Å². The van der Waals surface area contributed by atoms with Gasteiger partial charge in [0.15, 0.2) is 0 Å². The summed E-state index contributed by atoms with van der Waals surface area (Å²) >= 11 is 3.39. The van der Waals surface area contributed by atoms with Gasteiger partial charge in [-0.05, 0) is 12.1 Å². The first-order valence-corrected chi connectivity index (χ1v) is 5.82. The molecular weight excluding hydrogens is 282 g/mol. The van der Waals surface area contributed by atoms with E-state index in [1.165, 1.54) is 0 Å². The van der Waals surface area contributed by atoms with Gasteiger partial charge >= 0.3 is 0 Å². The average molecular weight is 290 g/mol. The highest BCUT2D eigenvalue weighted by atomic mass is 79.9. The predicted octanol–water partition coefficient (Wildman–Crippen LogP) is 2.86. The molecule has 0 amide bonds. The van der Waals surface area contributed by atoms with Gasteiger partial charge in [0, 0.05) is 22.4 Å². The zero-order chi connectivity index (χ0) is 11.8. The van der Waals surface area contributed by atoms with E-state index >= 15 is 0 Å². The molecule has 0 aliphatic rings. The minimum atomic E-state index is -0.00369. The van der Waals surface area contributed by atoms with Gasteiger partial charge < -0.3 is 5.11 Å². The van der Waals surface area contributed by atoms with Crippen molar-refractivity contribution in [2.45, 2.75) is 0 Å². The van der Waals surface area contributed by atoms with E-state index in [1.807, 2.05) is 28.7 Å². The summed E-state index contributed by atoms with van der Waals surface area (Å²) in [5, 5.41) is 9.73. The predicted molar refractivity (Wildman–Crippen MR) is 67.8 cm³/mol. The van der Waals surface area contributed by atoms with Crippen LogP contribution in [0.5, 0.6) is 5.88 Å². The number of imidazole rings is 1. The van der Waals surface area contributed by atoms with Crippen molar-refractivity contribution in [2.75, 3.05) is 0 Å². The Morgan fingerprint density at radius 3 is 2.71 bits per heavy atom. The molecule has 0 radical (unpaired) electrons. The maximum absolute atomic E-state index is 9.73. The third-order valence-electron chi connectivity index (χ3n) is 2.53. The molecule has 1 N–H and O–H groups in total. The molecule has 2 heterocycles. The first kappa shape index (κ1) is 10.3. The highest BCUT2D eigenvalue weighted by Gasteiger charge is 2.11. The van der Waals surface area contributed by atoms with Crippen LogP contribution < -0.4 is 0 Å². The van der Waals surface area contributed by atoms with Gasteiger partial charge in [0.25, 0.3) is 0 Å². The summed E-state index contributed by atoms with van der Waals surface area (Å²) in [6.07, 6.45) is 5.03. The van der Waals surface area contributed by atoms with Crippen LogP contribution in [0.4, 0.5) is 0 Å². The van der Waals surface area contributed by atoms with E-state index in [9.17, 15) is 5.11 Å². The van der Waals surface area contributed by atoms with Crippen LogP contribution in [0.1, 0.15) is 0 Å². The van der Waals surface area contributed by atoms with E-state index in [4.69, 9.17) is 0 Å². The van der Waals surface area contributed by atoms with Crippen LogP contribution in [-0.2, 0) is 0 Å².